The van der Waals surface area contributed by atoms with Gasteiger partial charge in [-0.05, 0) is 70.3 Å². The Bertz CT molecular complexity index is 1550. The molecule has 8 heteroatoms. The summed E-state index contributed by atoms with van der Waals surface area (Å²) < 4.78 is 0. The fourth-order valence-corrected chi connectivity index (χ4v) is 4.77. The van der Waals surface area contributed by atoms with Gasteiger partial charge in [-0.25, -0.2) is 4.79 Å². The Balaban J connectivity index is 1.36. The van der Waals surface area contributed by atoms with Crippen molar-refractivity contribution in [1.82, 2.24) is 15.5 Å². The van der Waals surface area contributed by atoms with Gasteiger partial charge in [0.1, 0.15) is 5.54 Å². The van der Waals surface area contributed by atoms with E-state index in [-0.39, 0.29) is 24.4 Å². The molecule has 1 saturated heterocycles. The molecule has 0 saturated carbocycles. The van der Waals surface area contributed by atoms with Crippen LogP contribution in [-0.2, 0) is 16.9 Å². The lowest BCUT2D eigenvalue weighted by Crippen LogP contribution is -2.40. The first-order valence-corrected chi connectivity index (χ1v) is 12.2. The van der Waals surface area contributed by atoms with Gasteiger partial charge < -0.3 is 16.0 Å². The second kappa shape index (κ2) is 9.59. The van der Waals surface area contributed by atoms with Crippen molar-refractivity contribution in [2.45, 2.75) is 19.0 Å². The smallest absolute Gasteiger partial charge is 0.319 e. The van der Waals surface area contributed by atoms with Gasteiger partial charge in [0.25, 0.3) is 5.91 Å². The van der Waals surface area contributed by atoms with Gasteiger partial charge in [0, 0.05) is 24.3 Å². The summed E-state index contributed by atoms with van der Waals surface area (Å²) in [7, 11) is 1.58. The Morgan fingerprint density at radius 1 is 1.00 bits per heavy atom. The first kappa shape index (κ1) is 24.3. The fourth-order valence-electron chi connectivity index (χ4n) is 4.59. The molecule has 4 aromatic rings. The highest BCUT2D eigenvalue weighted by Gasteiger charge is 2.45. The molecule has 1 unspecified atom stereocenters. The Hall–Kier alpha value is -4.36. The Labute approximate surface area is 219 Å². The van der Waals surface area contributed by atoms with Gasteiger partial charge in [0.2, 0.25) is 0 Å². The lowest BCUT2D eigenvalue weighted by Gasteiger charge is -2.23. The van der Waals surface area contributed by atoms with Crippen molar-refractivity contribution >= 4 is 46.0 Å². The van der Waals surface area contributed by atoms with Crippen LogP contribution < -0.4 is 16.0 Å². The van der Waals surface area contributed by atoms with Crippen LogP contribution in [0.2, 0.25) is 5.02 Å². The lowest BCUT2D eigenvalue weighted by atomic mass is 9.88. The van der Waals surface area contributed by atoms with E-state index in [1.54, 1.807) is 20.0 Å². The molecule has 1 aliphatic rings. The summed E-state index contributed by atoms with van der Waals surface area (Å²) in [4.78, 5) is 26.8. The highest BCUT2D eigenvalue weighted by atomic mass is 35.5. The number of hydrogen-bond donors (Lipinski definition) is 4. The van der Waals surface area contributed by atoms with Crippen LogP contribution in [-0.4, -0.2) is 29.8 Å². The summed E-state index contributed by atoms with van der Waals surface area (Å²) in [6, 6.07) is 26.5. The van der Waals surface area contributed by atoms with Crippen LogP contribution >= 0.6 is 11.6 Å². The van der Waals surface area contributed by atoms with Crippen LogP contribution in [0.25, 0.3) is 21.9 Å². The van der Waals surface area contributed by atoms with E-state index in [1.807, 2.05) is 78.9 Å². The zero-order valence-corrected chi connectivity index (χ0v) is 21.2. The van der Waals surface area contributed by atoms with Crippen LogP contribution in [0.1, 0.15) is 18.1 Å². The molecular weight excluding hydrogens is 486 g/mol. The van der Waals surface area contributed by atoms with E-state index in [4.69, 9.17) is 17.0 Å². The molecule has 4 N–H and O–H groups in total. The molecule has 186 valence electrons. The molecule has 7 nitrogen and oxygen atoms in total. The van der Waals surface area contributed by atoms with Gasteiger partial charge in [-0.2, -0.15) is 0 Å². The van der Waals surface area contributed by atoms with Gasteiger partial charge in [0.15, 0.2) is 5.96 Å². The molecule has 1 atom stereocenters. The van der Waals surface area contributed by atoms with Crippen molar-refractivity contribution in [3.8, 4) is 11.1 Å². The number of carbonyl (C=O) groups excluding carboxylic acids is 2. The minimum atomic E-state index is -1.04. The molecular formula is C29H26ClN5O2. The minimum absolute atomic E-state index is 0.0583. The number of amides is 3. The molecule has 5 rings (SSSR count). The SMILES string of the molecule is CN1C(=N)NC(C)(c2cccc(-c3cc(Cl)ccc3CNC(=O)Nc3ccc4ccccc4c3)c2)C1=O. The summed E-state index contributed by atoms with van der Waals surface area (Å²) in [5, 5.41) is 19.5. The van der Waals surface area contributed by atoms with Crippen LogP contribution in [0, 0.1) is 5.41 Å². The Kier molecular flexibility index (Phi) is 6.31. The van der Waals surface area contributed by atoms with Gasteiger partial charge in [-0.1, -0.05) is 66.2 Å². The predicted molar refractivity (Wildman–Crippen MR) is 148 cm³/mol. The van der Waals surface area contributed by atoms with Crippen LogP contribution in [0.3, 0.4) is 0 Å². The summed E-state index contributed by atoms with van der Waals surface area (Å²) in [5.74, 6) is -0.143. The van der Waals surface area contributed by atoms with Crippen LogP contribution in [0.5, 0.6) is 0 Å². The maximum absolute atomic E-state index is 12.9. The third-order valence-electron chi connectivity index (χ3n) is 6.71. The maximum atomic E-state index is 12.9. The van der Waals surface area contributed by atoms with Gasteiger partial charge in [0.05, 0.1) is 0 Å². The summed E-state index contributed by atoms with van der Waals surface area (Å²) >= 11 is 6.34. The van der Waals surface area contributed by atoms with E-state index in [9.17, 15) is 9.59 Å². The predicted octanol–water partition coefficient (Wildman–Crippen LogP) is 5.69. The van der Waals surface area contributed by atoms with Gasteiger partial charge >= 0.3 is 6.03 Å². The van der Waals surface area contributed by atoms with Crippen molar-refractivity contribution in [1.29, 1.82) is 5.41 Å². The monoisotopic (exact) mass is 511 g/mol. The number of nitrogens with one attached hydrogen (secondary N) is 4. The first-order chi connectivity index (χ1) is 17.7. The van der Waals surface area contributed by atoms with Crippen LogP contribution in [0.15, 0.2) is 84.9 Å². The van der Waals surface area contributed by atoms with E-state index in [0.717, 1.165) is 33.0 Å². The van der Waals surface area contributed by atoms with Crippen molar-refractivity contribution in [3.63, 3.8) is 0 Å². The molecule has 0 bridgehead atoms. The molecule has 0 spiro atoms. The van der Waals surface area contributed by atoms with Crippen LogP contribution in [0.4, 0.5) is 10.5 Å². The number of likely N-dealkylation sites (N-methyl/N-ethyl adjacent to an activating group) is 1. The third kappa shape index (κ3) is 4.73. The average Bonchev–Trinajstić information content (AvgIpc) is 3.11. The van der Waals surface area contributed by atoms with E-state index in [1.165, 1.54) is 4.90 Å². The molecule has 1 heterocycles. The number of guanidine groups is 1. The first-order valence-electron chi connectivity index (χ1n) is 11.8. The van der Waals surface area contributed by atoms with E-state index >= 15 is 0 Å². The molecule has 0 aromatic heterocycles. The zero-order valence-electron chi connectivity index (χ0n) is 20.4. The molecule has 4 aromatic carbocycles. The quantitative estimate of drug-likeness (QED) is 0.277. The lowest BCUT2D eigenvalue weighted by molar-refractivity contribution is -0.129. The normalized spacial score (nSPS) is 17.1. The summed E-state index contributed by atoms with van der Waals surface area (Å²) in [5.41, 5.74) is 2.96. The molecule has 37 heavy (non-hydrogen) atoms. The highest BCUT2D eigenvalue weighted by Crippen LogP contribution is 2.33. The largest absolute Gasteiger partial charge is 0.338 e. The standard InChI is InChI=1S/C29H26ClN5O2/c1-29(26(36)35(2)27(31)34-29)22-9-5-8-20(14-22)25-16-23(30)12-10-21(25)17-32-28(37)33-24-13-11-18-6-3-4-7-19(18)15-24/h3-16H,17H2,1-2H3,(H2,31,34)(H2,32,33,37). The number of rotatable bonds is 5. The Morgan fingerprint density at radius 3 is 2.54 bits per heavy atom. The maximum Gasteiger partial charge on any atom is 0.319 e. The molecule has 1 aliphatic heterocycles. The third-order valence-corrected chi connectivity index (χ3v) is 6.94. The Morgan fingerprint density at radius 2 is 1.78 bits per heavy atom. The number of halogens is 1. The summed E-state index contributed by atoms with van der Waals surface area (Å²) in [6.45, 7) is 2.04. The number of hydrogen-bond acceptors (Lipinski definition) is 3. The second-order valence-corrected chi connectivity index (χ2v) is 9.65. The summed E-state index contributed by atoms with van der Waals surface area (Å²) in [6.07, 6.45) is 0. The van der Waals surface area contributed by atoms with Crippen molar-refractivity contribution in [2.75, 3.05) is 12.4 Å². The number of nitrogens with zero attached hydrogens (tertiary/aromatic N) is 1. The molecule has 3 amide bonds. The minimum Gasteiger partial charge on any atom is -0.338 e. The second-order valence-electron chi connectivity index (χ2n) is 9.21. The number of anilines is 1. The average molecular weight is 512 g/mol. The van der Waals surface area contributed by atoms with E-state index in [2.05, 4.69) is 16.0 Å². The van der Waals surface area contributed by atoms with Gasteiger partial charge in [-0.3, -0.25) is 15.1 Å². The zero-order chi connectivity index (χ0) is 26.2. The topological polar surface area (TPSA) is 97.3 Å². The van der Waals surface area contributed by atoms with Crippen molar-refractivity contribution < 1.29 is 9.59 Å². The molecule has 1 fully saturated rings. The van der Waals surface area contributed by atoms with E-state index < -0.39 is 5.54 Å². The van der Waals surface area contributed by atoms with E-state index in [0.29, 0.717) is 10.7 Å². The number of benzene rings is 4. The fraction of sp³-hybridized carbons (Fsp3) is 0.138. The number of fused-ring (bicyclic) bond motifs is 1. The van der Waals surface area contributed by atoms with Crippen molar-refractivity contribution in [2.24, 2.45) is 0 Å². The highest BCUT2D eigenvalue weighted by molar-refractivity contribution is 6.30. The molecule has 0 radical (unpaired) electrons. The number of carbonyl (C=O) groups is 2. The van der Waals surface area contributed by atoms with Gasteiger partial charge in [-0.15, -0.1) is 0 Å². The van der Waals surface area contributed by atoms with Crippen molar-refractivity contribution in [3.05, 3.63) is 101 Å². The number of urea groups is 1. The molecule has 0 aliphatic carbocycles.